The summed E-state index contributed by atoms with van der Waals surface area (Å²) in [4.78, 5) is 56.3. The number of anilines is 2. The van der Waals surface area contributed by atoms with Gasteiger partial charge in [0.15, 0.2) is 5.82 Å². The number of nitrogens with zero attached hydrogens (tertiary/aromatic N) is 9. The van der Waals surface area contributed by atoms with E-state index in [0.717, 1.165) is 80.6 Å². The maximum absolute atomic E-state index is 13.9. The summed E-state index contributed by atoms with van der Waals surface area (Å²) >= 11 is 0. The first kappa shape index (κ1) is 40.3. The van der Waals surface area contributed by atoms with E-state index in [4.69, 9.17) is 20.4 Å². The molecule has 0 spiro atoms. The van der Waals surface area contributed by atoms with Crippen molar-refractivity contribution in [2.45, 2.75) is 58.9 Å². The minimum Gasteiger partial charge on any atom is -0.508 e. The molecule has 316 valence electrons. The van der Waals surface area contributed by atoms with Crippen molar-refractivity contribution in [3.8, 4) is 22.9 Å². The van der Waals surface area contributed by atoms with Gasteiger partial charge in [0.1, 0.15) is 17.3 Å². The smallest absolute Gasteiger partial charge is 0.258 e. The Balaban J connectivity index is 0.782. The van der Waals surface area contributed by atoms with Gasteiger partial charge < -0.3 is 35.4 Å². The summed E-state index contributed by atoms with van der Waals surface area (Å²) in [5, 5.41) is 20.8. The molecular weight excluding hydrogens is 773 g/mol. The lowest BCUT2D eigenvalue weighted by Gasteiger charge is -2.35. The number of phenols is 2. The molecule has 15 heteroatoms. The molecule has 2 fully saturated rings. The van der Waals surface area contributed by atoms with E-state index >= 15 is 0 Å². The standard InChI is InChI=1S/C46H52N10O5/c1-29(2)37-20-38(41(58)21-40(37)57)45(60)56-26-33-8-5-31(19-34(33)27-56)25-53-13-11-52(12-14-53)24-30-3-6-32(7-4-30)44(59)55-10-9-36-39(28-55)50-42(35-22-48-46(47)49-23-35)51-43(36)54-15-17-61-18-16-54/h3-8,19-23,29,57-58H,9-18,24-28H2,1-2H3,(H2,47,48,49). The van der Waals surface area contributed by atoms with Gasteiger partial charge in [0.05, 0.1) is 36.6 Å². The molecule has 0 unspecified atom stereocenters. The summed E-state index contributed by atoms with van der Waals surface area (Å²) in [5.74, 6) is 1.15. The van der Waals surface area contributed by atoms with Crippen molar-refractivity contribution in [1.29, 1.82) is 0 Å². The Labute approximate surface area is 355 Å². The highest BCUT2D eigenvalue weighted by molar-refractivity contribution is 5.97. The SMILES string of the molecule is CC(C)c1cc(C(=O)N2Cc3ccc(CN4CCN(Cc5ccc(C(=O)N6CCc7c(nc(-c8cnc(N)nc8)nc7N7CCOCC7)C6)cc5)CC4)cc3C2)c(O)cc1O. The summed E-state index contributed by atoms with van der Waals surface area (Å²) < 4.78 is 5.61. The number of phenolic OH excluding ortho intramolecular Hbond substituents is 2. The molecule has 5 aromatic rings. The molecule has 0 aliphatic carbocycles. The van der Waals surface area contributed by atoms with Crippen molar-refractivity contribution in [3.05, 3.63) is 117 Å². The molecular formula is C46H52N10O5. The fourth-order valence-electron chi connectivity index (χ4n) is 8.85. The van der Waals surface area contributed by atoms with Crippen LogP contribution in [0.4, 0.5) is 11.8 Å². The number of carbonyl (C=O) groups excluding carboxylic acids is 2. The minimum atomic E-state index is -0.238. The van der Waals surface area contributed by atoms with E-state index < -0.39 is 0 Å². The van der Waals surface area contributed by atoms with Gasteiger partial charge in [-0.3, -0.25) is 19.4 Å². The van der Waals surface area contributed by atoms with Crippen LogP contribution in [0.3, 0.4) is 0 Å². The molecule has 4 aliphatic rings. The zero-order valence-corrected chi connectivity index (χ0v) is 34.8. The molecule has 0 atom stereocenters. The third kappa shape index (κ3) is 8.58. The molecule has 3 aromatic carbocycles. The highest BCUT2D eigenvalue weighted by atomic mass is 16.5. The van der Waals surface area contributed by atoms with E-state index in [1.165, 1.54) is 17.2 Å². The second-order valence-corrected chi connectivity index (χ2v) is 16.8. The van der Waals surface area contributed by atoms with Gasteiger partial charge in [-0.25, -0.2) is 19.9 Å². The number of carbonyl (C=O) groups is 2. The molecule has 2 amide bonds. The molecule has 61 heavy (non-hydrogen) atoms. The summed E-state index contributed by atoms with van der Waals surface area (Å²) in [6.07, 6.45) is 3.93. The Bertz CT molecular complexity index is 2430. The minimum absolute atomic E-state index is 0.000460. The van der Waals surface area contributed by atoms with Crippen LogP contribution in [0.5, 0.6) is 11.5 Å². The van der Waals surface area contributed by atoms with Gasteiger partial charge >= 0.3 is 0 Å². The van der Waals surface area contributed by atoms with E-state index in [-0.39, 0.29) is 40.7 Å². The number of hydrogen-bond donors (Lipinski definition) is 3. The first-order valence-corrected chi connectivity index (χ1v) is 21.2. The maximum atomic E-state index is 13.9. The van der Waals surface area contributed by atoms with Gasteiger partial charge in [0.25, 0.3) is 11.8 Å². The zero-order valence-electron chi connectivity index (χ0n) is 34.8. The highest BCUT2D eigenvalue weighted by Gasteiger charge is 2.30. The van der Waals surface area contributed by atoms with E-state index in [0.29, 0.717) is 68.3 Å². The summed E-state index contributed by atoms with van der Waals surface area (Å²) in [6, 6.07) is 17.4. The molecule has 6 heterocycles. The van der Waals surface area contributed by atoms with E-state index in [1.807, 2.05) is 30.9 Å². The van der Waals surface area contributed by atoms with Crippen LogP contribution in [-0.4, -0.2) is 121 Å². The monoisotopic (exact) mass is 824 g/mol. The normalized spacial score (nSPS) is 17.1. The zero-order chi connectivity index (χ0) is 42.2. The van der Waals surface area contributed by atoms with Crippen LogP contribution in [0.1, 0.15) is 79.6 Å². The third-order valence-corrected chi connectivity index (χ3v) is 12.3. The maximum Gasteiger partial charge on any atom is 0.258 e. The Morgan fingerprint density at radius 2 is 1.41 bits per heavy atom. The number of rotatable bonds is 9. The number of hydrogen-bond acceptors (Lipinski definition) is 13. The van der Waals surface area contributed by atoms with Crippen LogP contribution in [0.15, 0.2) is 67.0 Å². The quantitative estimate of drug-likeness (QED) is 0.189. The van der Waals surface area contributed by atoms with Crippen molar-refractivity contribution in [1.82, 2.24) is 39.5 Å². The van der Waals surface area contributed by atoms with Gasteiger partial charge in [-0.2, -0.15) is 0 Å². The molecule has 0 bridgehead atoms. The van der Waals surface area contributed by atoms with Crippen molar-refractivity contribution < 1.29 is 24.5 Å². The number of amides is 2. The van der Waals surface area contributed by atoms with Gasteiger partial charge in [-0.15, -0.1) is 0 Å². The number of benzene rings is 3. The Hall–Kier alpha value is -6.16. The number of fused-ring (bicyclic) bond motifs is 2. The van der Waals surface area contributed by atoms with Crippen LogP contribution >= 0.6 is 0 Å². The van der Waals surface area contributed by atoms with Crippen molar-refractivity contribution in [2.75, 3.05) is 69.7 Å². The molecule has 9 rings (SSSR count). The summed E-state index contributed by atoms with van der Waals surface area (Å²) in [6.45, 7) is 14.0. The topological polar surface area (TPSA) is 178 Å². The average Bonchev–Trinajstić information content (AvgIpc) is 3.70. The first-order valence-electron chi connectivity index (χ1n) is 21.2. The predicted octanol–water partition coefficient (Wildman–Crippen LogP) is 4.56. The number of nitrogens with two attached hydrogens (primary N) is 1. The van der Waals surface area contributed by atoms with Crippen LogP contribution < -0.4 is 10.6 Å². The second-order valence-electron chi connectivity index (χ2n) is 16.8. The number of aromatic nitrogens is 4. The third-order valence-electron chi connectivity index (χ3n) is 12.3. The largest absolute Gasteiger partial charge is 0.508 e. The number of aromatic hydroxyl groups is 2. The van der Waals surface area contributed by atoms with Crippen LogP contribution in [0.25, 0.3) is 11.4 Å². The van der Waals surface area contributed by atoms with E-state index in [9.17, 15) is 19.8 Å². The van der Waals surface area contributed by atoms with E-state index in [1.54, 1.807) is 23.4 Å². The number of ether oxygens (including phenoxy) is 1. The molecule has 4 N–H and O–H groups in total. The van der Waals surface area contributed by atoms with E-state index in [2.05, 4.69) is 55.0 Å². The number of nitrogen functional groups attached to an aromatic ring is 1. The first-order chi connectivity index (χ1) is 29.6. The van der Waals surface area contributed by atoms with Gasteiger partial charge in [0, 0.05) is 102 Å². The lowest BCUT2D eigenvalue weighted by molar-refractivity contribution is 0.0729. The van der Waals surface area contributed by atoms with Gasteiger partial charge in [-0.05, 0) is 58.4 Å². The van der Waals surface area contributed by atoms with Gasteiger partial charge in [-0.1, -0.05) is 44.2 Å². The second kappa shape index (κ2) is 17.1. The van der Waals surface area contributed by atoms with Crippen molar-refractivity contribution in [2.24, 2.45) is 0 Å². The molecule has 0 saturated carbocycles. The Morgan fingerprint density at radius 3 is 2.11 bits per heavy atom. The van der Waals surface area contributed by atoms with Crippen LogP contribution in [0, 0.1) is 0 Å². The molecule has 0 radical (unpaired) electrons. The predicted molar refractivity (Wildman–Crippen MR) is 230 cm³/mol. The fraction of sp³-hybridized carbons (Fsp3) is 0.391. The Kier molecular flexibility index (Phi) is 11.3. The molecule has 15 nitrogen and oxygen atoms in total. The fourth-order valence-corrected chi connectivity index (χ4v) is 8.85. The lowest BCUT2D eigenvalue weighted by atomic mass is 9.98. The number of piperazine rings is 1. The number of morpholine rings is 1. The van der Waals surface area contributed by atoms with Crippen LogP contribution in [0.2, 0.25) is 0 Å². The summed E-state index contributed by atoms with van der Waals surface area (Å²) in [7, 11) is 0. The molecule has 2 saturated heterocycles. The van der Waals surface area contributed by atoms with Crippen molar-refractivity contribution >= 4 is 23.6 Å². The van der Waals surface area contributed by atoms with Crippen molar-refractivity contribution in [3.63, 3.8) is 0 Å². The molecule has 4 aliphatic heterocycles. The Morgan fingerprint density at radius 1 is 0.738 bits per heavy atom. The van der Waals surface area contributed by atoms with Crippen LogP contribution in [-0.2, 0) is 43.9 Å². The highest BCUT2D eigenvalue weighted by Crippen LogP contribution is 2.35. The van der Waals surface area contributed by atoms with Gasteiger partial charge in [0.2, 0.25) is 5.95 Å². The molecule has 2 aromatic heterocycles. The summed E-state index contributed by atoms with van der Waals surface area (Å²) in [5.41, 5.74) is 14.5. The average molecular weight is 825 g/mol. The lowest BCUT2D eigenvalue weighted by Crippen LogP contribution is -2.45.